The van der Waals surface area contributed by atoms with Crippen molar-refractivity contribution in [1.29, 1.82) is 5.26 Å². The van der Waals surface area contributed by atoms with E-state index in [0.29, 0.717) is 35.8 Å². The van der Waals surface area contributed by atoms with Gasteiger partial charge in [-0.25, -0.2) is 0 Å². The summed E-state index contributed by atoms with van der Waals surface area (Å²) in [6.45, 7) is 6.83. The van der Waals surface area contributed by atoms with E-state index in [0.717, 1.165) is 12.8 Å². The first kappa shape index (κ1) is 26.3. The normalized spacial score (nSPS) is 32.2. The number of epoxide rings is 2. The topological polar surface area (TPSA) is 115 Å². The average molecular weight is 501 g/mol. The Morgan fingerprint density at radius 3 is 2.53 bits per heavy atom. The number of benzene rings is 1. The minimum absolute atomic E-state index is 0.0406. The molecular formula is C27H36N2O7. The van der Waals surface area contributed by atoms with Gasteiger partial charge in [-0.1, -0.05) is 11.6 Å². The number of nitriles is 1. The molecule has 2 saturated heterocycles. The van der Waals surface area contributed by atoms with E-state index in [2.05, 4.69) is 38.2 Å². The van der Waals surface area contributed by atoms with Crippen molar-refractivity contribution in [3.05, 3.63) is 29.3 Å². The lowest BCUT2D eigenvalue weighted by Crippen LogP contribution is -2.55. The average Bonchev–Trinajstić information content (AvgIpc) is 3.78. The predicted octanol–water partition coefficient (Wildman–Crippen LogP) is 3.61. The number of nitrogens with zero attached hydrogens (tertiary/aromatic N) is 1. The lowest BCUT2D eigenvalue weighted by Gasteiger charge is -2.42. The van der Waals surface area contributed by atoms with Gasteiger partial charge in [0.1, 0.15) is 36.0 Å². The monoisotopic (exact) mass is 500 g/mol. The zero-order valence-corrected chi connectivity index (χ0v) is 21.9. The Bertz CT molecular complexity index is 1060. The Labute approximate surface area is 212 Å². The van der Waals surface area contributed by atoms with Crippen LogP contribution in [0.25, 0.3) is 0 Å². The molecule has 0 radical (unpaired) electrons. The van der Waals surface area contributed by atoms with Crippen LogP contribution in [0.5, 0.6) is 11.5 Å². The minimum Gasteiger partial charge on any atom is -0.493 e. The van der Waals surface area contributed by atoms with E-state index in [1.807, 2.05) is 0 Å². The van der Waals surface area contributed by atoms with Gasteiger partial charge in [-0.05, 0) is 40.0 Å². The van der Waals surface area contributed by atoms with Gasteiger partial charge in [-0.15, -0.1) is 0 Å². The first-order valence-corrected chi connectivity index (χ1v) is 12.3. The van der Waals surface area contributed by atoms with Crippen molar-refractivity contribution in [1.82, 2.24) is 0 Å². The largest absolute Gasteiger partial charge is 0.493 e. The van der Waals surface area contributed by atoms with Crippen LogP contribution in [-0.2, 0) is 23.7 Å². The van der Waals surface area contributed by atoms with Gasteiger partial charge < -0.3 is 33.7 Å². The molecule has 2 aliphatic heterocycles. The molecule has 4 rings (SSSR count). The van der Waals surface area contributed by atoms with Gasteiger partial charge in [0.05, 0.1) is 44.1 Å². The fourth-order valence-corrected chi connectivity index (χ4v) is 5.57. The number of anilines is 1. The Hall–Kier alpha value is -2.80. The molecule has 36 heavy (non-hydrogen) atoms. The van der Waals surface area contributed by atoms with Crippen molar-refractivity contribution in [2.75, 3.05) is 39.8 Å². The molecule has 0 amide bonds. The maximum atomic E-state index is 12.9. The quantitative estimate of drug-likeness (QED) is 0.292. The Kier molecular flexibility index (Phi) is 7.51. The summed E-state index contributed by atoms with van der Waals surface area (Å²) in [7, 11) is 4.66. The number of carbonyl (C=O) groups excluding carboxylic acids is 1. The van der Waals surface area contributed by atoms with E-state index in [1.165, 1.54) is 19.8 Å². The molecule has 1 N–H and O–H groups in total. The number of hydrogen-bond acceptors (Lipinski definition) is 9. The SMILES string of the molecule is COc1cc(C#N)c(NCC(=O)O[C@@H]2CC[C@]3(CO3)[C@@H]([C@@]3(C)O[C@@H]3CC=C(C)C)[C@@H]2OC)cc1OC. The van der Waals surface area contributed by atoms with E-state index < -0.39 is 17.7 Å². The summed E-state index contributed by atoms with van der Waals surface area (Å²) in [5.74, 6) is 0.418. The van der Waals surface area contributed by atoms with Crippen LogP contribution in [0.15, 0.2) is 23.8 Å². The summed E-state index contributed by atoms with van der Waals surface area (Å²) in [5.41, 5.74) is 1.38. The first-order chi connectivity index (χ1) is 17.2. The predicted molar refractivity (Wildman–Crippen MR) is 132 cm³/mol. The Morgan fingerprint density at radius 2 is 1.94 bits per heavy atom. The van der Waals surface area contributed by atoms with Gasteiger partial charge in [0.15, 0.2) is 11.5 Å². The summed E-state index contributed by atoms with van der Waals surface area (Å²) in [6, 6.07) is 5.30. The van der Waals surface area contributed by atoms with E-state index in [-0.39, 0.29) is 30.3 Å². The lowest BCUT2D eigenvalue weighted by atomic mass is 9.68. The number of rotatable bonds is 10. The number of ether oxygens (including phenoxy) is 6. The van der Waals surface area contributed by atoms with Crippen molar-refractivity contribution in [2.45, 2.75) is 69.5 Å². The number of nitrogens with one attached hydrogen (secondary N) is 1. The zero-order valence-electron chi connectivity index (χ0n) is 21.9. The smallest absolute Gasteiger partial charge is 0.325 e. The summed E-state index contributed by atoms with van der Waals surface area (Å²) in [5, 5.41) is 12.5. The maximum Gasteiger partial charge on any atom is 0.325 e. The van der Waals surface area contributed by atoms with Crippen molar-refractivity contribution < 1.29 is 33.2 Å². The Balaban J connectivity index is 1.43. The van der Waals surface area contributed by atoms with Crippen LogP contribution in [0.1, 0.15) is 45.6 Å². The van der Waals surface area contributed by atoms with E-state index in [1.54, 1.807) is 19.2 Å². The van der Waals surface area contributed by atoms with E-state index in [9.17, 15) is 10.1 Å². The summed E-state index contributed by atoms with van der Waals surface area (Å²) in [4.78, 5) is 12.9. The highest BCUT2D eigenvalue weighted by atomic mass is 16.6. The number of hydrogen-bond donors (Lipinski definition) is 1. The van der Waals surface area contributed by atoms with Crippen LogP contribution < -0.4 is 14.8 Å². The summed E-state index contributed by atoms with van der Waals surface area (Å²) < 4.78 is 34.6. The molecule has 3 aliphatic rings. The molecule has 196 valence electrons. The van der Waals surface area contributed by atoms with Crippen LogP contribution in [0.2, 0.25) is 0 Å². The lowest BCUT2D eigenvalue weighted by molar-refractivity contribution is -0.170. The van der Waals surface area contributed by atoms with E-state index >= 15 is 0 Å². The Morgan fingerprint density at radius 1 is 1.25 bits per heavy atom. The van der Waals surface area contributed by atoms with Crippen LogP contribution in [0.3, 0.4) is 0 Å². The highest BCUT2D eigenvalue weighted by Gasteiger charge is 2.72. The molecule has 0 aromatic heterocycles. The zero-order chi connectivity index (χ0) is 26.1. The molecule has 1 saturated carbocycles. The number of esters is 1. The molecular weight excluding hydrogens is 464 g/mol. The molecule has 3 fully saturated rings. The third kappa shape index (κ3) is 5.03. The van der Waals surface area contributed by atoms with Crippen molar-refractivity contribution >= 4 is 11.7 Å². The molecule has 9 nitrogen and oxygen atoms in total. The number of methoxy groups -OCH3 is 3. The molecule has 2 heterocycles. The fourth-order valence-electron chi connectivity index (χ4n) is 5.57. The maximum absolute atomic E-state index is 12.9. The molecule has 1 aliphatic carbocycles. The first-order valence-electron chi connectivity index (χ1n) is 12.3. The molecule has 0 unspecified atom stereocenters. The second-order valence-electron chi connectivity index (χ2n) is 10.1. The summed E-state index contributed by atoms with van der Waals surface area (Å²) in [6.07, 6.45) is 3.77. The van der Waals surface area contributed by atoms with Gasteiger partial charge >= 0.3 is 5.97 Å². The highest BCUT2D eigenvalue weighted by Crippen LogP contribution is 2.59. The van der Waals surface area contributed by atoms with Crippen LogP contribution >= 0.6 is 0 Å². The van der Waals surface area contributed by atoms with Gasteiger partial charge in [-0.3, -0.25) is 4.79 Å². The third-order valence-corrected chi connectivity index (χ3v) is 7.59. The molecule has 1 aromatic rings. The van der Waals surface area contributed by atoms with Gasteiger partial charge in [0, 0.05) is 19.2 Å². The fraction of sp³-hybridized carbons (Fsp3) is 0.630. The highest BCUT2D eigenvalue weighted by molar-refractivity contribution is 5.77. The third-order valence-electron chi connectivity index (χ3n) is 7.59. The van der Waals surface area contributed by atoms with Gasteiger partial charge in [0.25, 0.3) is 0 Å². The van der Waals surface area contributed by atoms with Crippen LogP contribution in [-0.4, -0.2) is 70.0 Å². The molecule has 1 spiro atoms. The standard InChI is InChI=1S/C27H36N2O7/c1-16(2)7-8-22-26(3,36-22)25-24(33-6)19(9-10-27(25)15-34-27)35-23(30)14-29-18-12-21(32-5)20(31-4)11-17(18)13-28/h7,11-12,19,22,24-25,29H,8-10,14-15H2,1-6H3/t19-,22-,24-,25-,26+,27+/m1/s1. The van der Waals surface area contributed by atoms with Gasteiger partial charge in [0.2, 0.25) is 0 Å². The molecule has 0 bridgehead atoms. The molecule has 9 heteroatoms. The second-order valence-corrected chi connectivity index (χ2v) is 10.1. The minimum atomic E-state index is -0.435. The van der Waals surface area contributed by atoms with Crippen molar-refractivity contribution in [3.8, 4) is 17.6 Å². The molecule has 6 atom stereocenters. The van der Waals surface area contributed by atoms with E-state index in [4.69, 9.17) is 28.4 Å². The van der Waals surface area contributed by atoms with Crippen LogP contribution in [0.4, 0.5) is 5.69 Å². The van der Waals surface area contributed by atoms with Crippen molar-refractivity contribution in [3.63, 3.8) is 0 Å². The second kappa shape index (κ2) is 10.3. The van der Waals surface area contributed by atoms with Crippen molar-refractivity contribution in [2.24, 2.45) is 5.92 Å². The number of carbonyl (C=O) groups is 1. The number of allylic oxidation sites excluding steroid dienone is 1. The summed E-state index contributed by atoms with van der Waals surface area (Å²) >= 11 is 0. The van der Waals surface area contributed by atoms with Gasteiger partial charge in [-0.2, -0.15) is 5.26 Å². The van der Waals surface area contributed by atoms with Crippen LogP contribution in [0, 0.1) is 17.2 Å². The molecule has 1 aromatic carbocycles.